The van der Waals surface area contributed by atoms with Gasteiger partial charge in [-0.2, -0.15) is 0 Å². The Morgan fingerprint density at radius 1 is 1.00 bits per heavy atom. The minimum atomic E-state index is -1.76. The van der Waals surface area contributed by atoms with E-state index in [0.29, 0.717) is 46.0 Å². The number of esters is 1. The number of nitrogens with zero attached hydrogens (tertiary/aromatic N) is 1. The maximum absolute atomic E-state index is 13.9. The molecule has 7 rings (SSSR count). The molecular formula is C30H27F3N2O6S. The summed E-state index contributed by atoms with van der Waals surface area (Å²) in [4.78, 5) is 51.8. The molecule has 4 saturated carbocycles. The number of imide groups is 1. The molecule has 1 heterocycles. The molecule has 4 aliphatic carbocycles. The van der Waals surface area contributed by atoms with Gasteiger partial charge < -0.3 is 14.8 Å². The Labute approximate surface area is 243 Å². The lowest BCUT2D eigenvalue weighted by Crippen LogP contribution is -2.51. The van der Waals surface area contributed by atoms with Crippen molar-refractivity contribution >= 4 is 46.5 Å². The number of rotatable bonds is 7. The second-order valence-corrected chi connectivity index (χ2v) is 12.5. The van der Waals surface area contributed by atoms with E-state index in [-0.39, 0.29) is 22.4 Å². The lowest BCUT2D eigenvalue weighted by molar-refractivity contribution is -0.161. The first kappa shape index (κ1) is 28.3. The first-order chi connectivity index (χ1) is 20.0. The van der Waals surface area contributed by atoms with Crippen LogP contribution in [0.5, 0.6) is 11.5 Å². The predicted octanol–water partition coefficient (Wildman–Crippen LogP) is 5.91. The fraction of sp³-hybridized carbons (Fsp3) is 0.400. The number of methoxy groups -OCH3 is 1. The Hall–Kier alpha value is -3.80. The van der Waals surface area contributed by atoms with Crippen molar-refractivity contribution in [1.29, 1.82) is 0 Å². The van der Waals surface area contributed by atoms with Crippen molar-refractivity contribution in [3.63, 3.8) is 0 Å². The van der Waals surface area contributed by atoms with Gasteiger partial charge in [-0.25, -0.2) is 13.2 Å². The monoisotopic (exact) mass is 600 g/mol. The molecule has 0 spiro atoms. The van der Waals surface area contributed by atoms with Gasteiger partial charge >= 0.3 is 5.97 Å². The van der Waals surface area contributed by atoms with Crippen LogP contribution in [0.2, 0.25) is 0 Å². The zero-order chi connectivity index (χ0) is 29.8. The average molecular weight is 601 g/mol. The van der Waals surface area contributed by atoms with E-state index >= 15 is 0 Å². The Bertz CT molecular complexity index is 1510. The first-order valence-electron chi connectivity index (χ1n) is 13.6. The molecular weight excluding hydrogens is 573 g/mol. The van der Waals surface area contributed by atoms with Crippen LogP contribution >= 0.6 is 11.8 Å². The Kier molecular flexibility index (Phi) is 7.28. The van der Waals surface area contributed by atoms with Gasteiger partial charge in [-0.1, -0.05) is 6.07 Å². The highest BCUT2D eigenvalue weighted by Gasteiger charge is 2.55. The van der Waals surface area contributed by atoms with E-state index in [1.165, 1.54) is 32.4 Å². The molecule has 12 heteroatoms. The minimum absolute atomic E-state index is 0.0205. The molecule has 1 saturated heterocycles. The molecule has 0 radical (unpaired) electrons. The second-order valence-electron chi connectivity index (χ2n) is 11.5. The fourth-order valence-electron chi connectivity index (χ4n) is 7.17. The molecule has 2 aromatic carbocycles. The van der Waals surface area contributed by atoms with Gasteiger partial charge in [-0.15, -0.1) is 0 Å². The number of thioether (sulfide) groups is 1. The van der Waals surface area contributed by atoms with Crippen LogP contribution < -0.4 is 14.8 Å². The van der Waals surface area contributed by atoms with E-state index in [9.17, 15) is 32.3 Å². The van der Waals surface area contributed by atoms with Gasteiger partial charge in [0, 0.05) is 0 Å². The molecule has 8 nitrogen and oxygen atoms in total. The average Bonchev–Trinajstić information content (AvgIpc) is 3.20. The molecule has 1 aliphatic heterocycles. The predicted molar refractivity (Wildman–Crippen MR) is 147 cm³/mol. The van der Waals surface area contributed by atoms with Gasteiger partial charge in [0.15, 0.2) is 29.0 Å². The largest absolute Gasteiger partial charge is 0.493 e. The van der Waals surface area contributed by atoms with Crippen LogP contribution in [0, 0.1) is 40.6 Å². The van der Waals surface area contributed by atoms with E-state index in [4.69, 9.17) is 9.47 Å². The Morgan fingerprint density at radius 3 is 2.31 bits per heavy atom. The van der Waals surface area contributed by atoms with Crippen molar-refractivity contribution in [2.75, 3.05) is 19.0 Å². The van der Waals surface area contributed by atoms with Crippen molar-refractivity contribution in [3.05, 3.63) is 58.3 Å². The second kappa shape index (κ2) is 10.8. The third-order valence-electron chi connectivity index (χ3n) is 8.64. The quantitative estimate of drug-likeness (QED) is 0.183. The molecule has 4 bridgehead atoms. The van der Waals surface area contributed by atoms with E-state index in [0.717, 1.165) is 25.3 Å². The molecule has 5 fully saturated rings. The molecule has 1 N–H and O–H groups in total. The SMILES string of the molecule is COc1cc(/C=C2\SC(=O)N(CC(=O)Nc3ccc(F)c(F)c3F)C2=O)ccc1OC(=O)C12CC3CC(CC(C3)C1)C2. The van der Waals surface area contributed by atoms with E-state index in [1.54, 1.807) is 18.2 Å². The number of hydrogen-bond acceptors (Lipinski definition) is 7. The number of halogens is 3. The summed E-state index contributed by atoms with van der Waals surface area (Å²) in [5.41, 5.74) is -0.585. The van der Waals surface area contributed by atoms with E-state index in [2.05, 4.69) is 0 Å². The van der Waals surface area contributed by atoms with Gasteiger partial charge in [0.25, 0.3) is 11.1 Å². The molecule has 42 heavy (non-hydrogen) atoms. The summed E-state index contributed by atoms with van der Waals surface area (Å²) < 4.78 is 51.8. The maximum atomic E-state index is 13.9. The summed E-state index contributed by atoms with van der Waals surface area (Å²) in [7, 11) is 1.43. The van der Waals surface area contributed by atoms with Gasteiger partial charge in [0.05, 0.1) is 23.1 Å². The highest BCUT2D eigenvalue weighted by atomic mass is 32.2. The first-order valence-corrected chi connectivity index (χ1v) is 14.5. The van der Waals surface area contributed by atoms with Gasteiger partial charge in [-0.05, 0) is 104 Å². The lowest BCUT2D eigenvalue weighted by atomic mass is 9.49. The third kappa shape index (κ3) is 5.16. The minimum Gasteiger partial charge on any atom is -0.493 e. The van der Waals surface area contributed by atoms with Gasteiger partial charge in [-0.3, -0.25) is 24.1 Å². The maximum Gasteiger partial charge on any atom is 0.317 e. The van der Waals surface area contributed by atoms with Gasteiger partial charge in [0.2, 0.25) is 5.91 Å². The van der Waals surface area contributed by atoms with Crippen molar-refractivity contribution in [1.82, 2.24) is 4.90 Å². The van der Waals surface area contributed by atoms with Crippen LogP contribution in [0.3, 0.4) is 0 Å². The number of amides is 3. The summed E-state index contributed by atoms with van der Waals surface area (Å²) in [5, 5.41) is 1.30. The van der Waals surface area contributed by atoms with Gasteiger partial charge in [0.1, 0.15) is 6.54 Å². The fourth-order valence-corrected chi connectivity index (χ4v) is 8.01. The number of hydrogen-bond donors (Lipinski definition) is 1. The van der Waals surface area contributed by atoms with Crippen LogP contribution in [0.1, 0.15) is 44.1 Å². The zero-order valence-electron chi connectivity index (χ0n) is 22.6. The lowest BCUT2D eigenvalue weighted by Gasteiger charge is -2.55. The van der Waals surface area contributed by atoms with Crippen LogP contribution in [0.25, 0.3) is 6.08 Å². The van der Waals surface area contributed by atoms with Crippen LogP contribution in [-0.4, -0.2) is 41.6 Å². The highest BCUT2D eigenvalue weighted by Crippen LogP contribution is 2.60. The number of nitrogens with one attached hydrogen (secondary N) is 1. The summed E-state index contributed by atoms with van der Waals surface area (Å²) in [6.45, 7) is -0.761. The van der Waals surface area contributed by atoms with Crippen molar-refractivity contribution < 1.29 is 41.8 Å². The zero-order valence-corrected chi connectivity index (χ0v) is 23.4. The summed E-state index contributed by atoms with van der Waals surface area (Å²) in [6.07, 6.45) is 7.63. The molecule has 0 aromatic heterocycles. The molecule has 5 aliphatic rings. The topological polar surface area (TPSA) is 102 Å². The van der Waals surface area contributed by atoms with E-state index < -0.39 is 52.2 Å². The van der Waals surface area contributed by atoms with E-state index in [1.807, 2.05) is 5.32 Å². The third-order valence-corrected chi connectivity index (χ3v) is 9.55. The smallest absolute Gasteiger partial charge is 0.317 e. The standard InChI is InChI=1S/C30H27F3N2O6S/c1-40-22-9-15(2-5-21(22)41-28(38)30-11-16-6-17(12-30)8-18(7-16)13-30)10-23-27(37)35(29(39)42-23)14-24(36)34-20-4-3-19(31)25(32)26(20)33/h2-5,9-10,16-18H,6-8,11-14H2,1H3,(H,34,36)/b23-10-. The normalized spacial score (nSPS) is 27.1. The number of anilines is 1. The van der Waals surface area contributed by atoms with Crippen LogP contribution in [-0.2, 0) is 14.4 Å². The highest BCUT2D eigenvalue weighted by molar-refractivity contribution is 8.18. The Balaban J connectivity index is 1.13. The number of carbonyl (C=O) groups excluding carboxylic acids is 4. The molecule has 2 aromatic rings. The summed E-state index contributed by atoms with van der Waals surface area (Å²) in [5.74, 6) is -4.44. The summed E-state index contributed by atoms with van der Waals surface area (Å²) in [6, 6.07) is 6.25. The number of benzene rings is 2. The van der Waals surface area contributed by atoms with Crippen molar-refractivity contribution in [2.45, 2.75) is 38.5 Å². The number of ether oxygens (including phenoxy) is 2. The van der Waals surface area contributed by atoms with Crippen LogP contribution in [0.4, 0.5) is 23.7 Å². The molecule has 0 atom stereocenters. The van der Waals surface area contributed by atoms with Crippen LogP contribution in [0.15, 0.2) is 35.2 Å². The Morgan fingerprint density at radius 2 is 1.67 bits per heavy atom. The van der Waals surface area contributed by atoms with Crippen molar-refractivity contribution in [2.24, 2.45) is 23.2 Å². The molecule has 3 amide bonds. The number of carbonyl (C=O) groups is 4. The molecule has 220 valence electrons. The summed E-state index contributed by atoms with van der Waals surface area (Å²) >= 11 is 0.602. The molecule has 0 unspecified atom stereocenters. The van der Waals surface area contributed by atoms with Crippen molar-refractivity contribution in [3.8, 4) is 11.5 Å².